The third kappa shape index (κ3) is 3.88. The lowest BCUT2D eigenvalue weighted by Gasteiger charge is -2.13. The molecule has 5 heteroatoms. The van der Waals surface area contributed by atoms with Gasteiger partial charge in [0.25, 0.3) is 0 Å². The van der Waals surface area contributed by atoms with Crippen molar-refractivity contribution in [3.05, 3.63) is 57.5 Å². The first kappa shape index (κ1) is 14.7. The van der Waals surface area contributed by atoms with Gasteiger partial charge in [-0.05, 0) is 53.9 Å². The molecule has 0 aliphatic rings. The molecule has 0 radical (unpaired) electrons. The summed E-state index contributed by atoms with van der Waals surface area (Å²) >= 11 is 1.65. The second kappa shape index (κ2) is 6.63. The molecule has 1 aromatic heterocycles. The van der Waals surface area contributed by atoms with Gasteiger partial charge in [0.1, 0.15) is 5.82 Å². The molecule has 2 N–H and O–H groups in total. The Balaban J connectivity index is 1.96. The van der Waals surface area contributed by atoms with Crippen molar-refractivity contribution in [3.63, 3.8) is 0 Å². The van der Waals surface area contributed by atoms with E-state index in [1.54, 1.807) is 11.3 Å². The van der Waals surface area contributed by atoms with Gasteiger partial charge in [-0.1, -0.05) is 0 Å². The highest BCUT2D eigenvalue weighted by molar-refractivity contribution is 7.07. The van der Waals surface area contributed by atoms with Crippen molar-refractivity contribution in [2.24, 2.45) is 0 Å². The smallest absolute Gasteiger partial charge is 0.335 e. The van der Waals surface area contributed by atoms with E-state index < -0.39 is 5.97 Å². The van der Waals surface area contributed by atoms with Crippen LogP contribution < -0.4 is 5.32 Å². The summed E-state index contributed by atoms with van der Waals surface area (Å²) in [6.07, 6.45) is 0.865. The fraction of sp³-hybridized carbons (Fsp3) is 0.267. The molecule has 1 heterocycles. The maximum absolute atomic E-state index is 13.6. The zero-order valence-corrected chi connectivity index (χ0v) is 11.9. The highest BCUT2D eigenvalue weighted by atomic mass is 32.1. The largest absolute Gasteiger partial charge is 0.478 e. The van der Waals surface area contributed by atoms with Crippen LogP contribution in [0.4, 0.5) is 4.39 Å². The molecule has 20 heavy (non-hydrogen) atoms. The number of halogens is 1. The highest BCUT2D eigenvalue weighted by Crippen LogP contribution is 2.12. The molecule has 1 unspecified atom stereocenters. The van der Waals surface area contributed by atoms with Gasteiger partial charge in [-0.25, -0.2) is 9.18 Å². The molecule has 1 aromatic carbocycles. The highest BCUT2D eigenvalue weighted by Gasteiger charge is 2.10. The normalized spacial score (nSPS) is 12.3. The molecule has 0 aliphatic carbocycles. The third-order valence-corrected chi connectivity index (χ3v) is 3.79. The fourth-order valence-corrected chi connectivity index (χ4v) is 2.64. The summed E-state index contributed by atoms with van der Waals surface area (Å²) in [4.78, 5) is 10.9. The molecule has 1 atom stereocenters. The van der Waals surface area contributed by atoms with Gasteiger partial charge in [-0.2, -0.15) is 11.3 Å². The predicted molar refractivity (Wildman–Crippen MR) is 77.7 cm³/mol. The van der Waals surface area contributed by atoms with E-state index in [2.05, 4.69) is 16.8 Å². The van der Waals surface area contributed by atoms with Crippen molar-refractivity contribution in [1.29, 1.82) is 0 Å². The van der Waals surface area contributed by atoms with Crippen molar-refractivity contribution < 1.29 is 14.3 Å². The van der Waals surface area contributed by atoms with Crippen LogP contribution in [-0.2, 0) is 13.0 Å². The summed E-state index contributed by atoms with van der Waals surface area (Å²) in [5, 5.41) is 16.2. The van der Waals surface area contributed by atoms with Crippen molar-refractivity contribution >= 4 is 17.3 Å². The van der Waals surface area contributed by atoms with E-state index in [-0.39, 0.29) is 17.4 Å². The fourth-order valence-electron chi connectivity index (χ4n) is 1.96. The Kier molecular flexibility index (Phi) is 4.87. The molecule has 106 valence electrons. The Labute approximate surface area is 121 Å². The number of hydrogen-bond acceptors (Lipinski definition) is 3. The van der Waals surface area contributed by atoms with Crippen LogP contribution in [0.2, 0.25) is 0 Å². The minimum atomic E-state index is -1.04. The minimum Gasteiger partial charge on any atom is -0.478 e. The molecule has 3 nitrogen and oxygen atoms in total. The number of nitrogens with one attached hydrogen (secondary N) is 1. The summed E-state index contributed by atoms with van der Waals surface area (Å²) in [6, 6.07) is 6.11. The number of carboxylic acids is 1. The molecule has 0 amide bonds. The third-order valence-electron chi connectivity index (χ3n) is 3.06. The zero-order valence-electron chi connectivity index (χ0n) is 11.1. The van der Waals surface area contributed by atoms with Crippen molar-refractivity contribution in [1.82, 2.24) is 5.32 Å². The first-order valence-electron chi connectivity index (χ1n) is 6.32. The standard InChI is InChI=1S/C15H16FNO2S/c1-10(6-11-4-5-20-9-11)17-8-13-7-12(15(18)19)2-3-14(13)16/h2-5,7,9-10,17H,6,8H2,1H3,(H,18,19). The van der Waals surface area contributed by atoms with Gasteiger partial charge >= 0.3 is 5.97 Å². The maximum Gasteiger partial charge on any atom is 0.335 e. The van der Waals surface area contributed by atoms with Crippen LogP contribution in [-0.4, -0.2) is 17.1 Å². The first-order valence-corrected chi connectivity index (χ1v) is 7.26. The van der Waals surface area contributed by atoms with Gasteiger partial charge in [-0.15, -0.1) is 0 Å². The summed E-state index contributed by atoms with van der Waals surface area (Å²) < 4.78 is 13.6. The van der Waals surface area contributed by atoms with Gasteiger partial charge < -0.3 is 10.4 Å². The summed E-state index contributed by atoms with van der Waals surface area (Å²) in [5.74, 6) is -1.43. The molecule has 0 aliphatic heterocycles. The number of thiophene rings is 1. The predicted octanol–water partition coefficient (Wildman–Crippen LogP) is 3.31. The van der Waals surface area contributed by atoms with Crippen molar-refractivity contribution in [2.45, 2.75) is 25.9 Å². The van der Waals surface area contributed by atoms with E-state index in [9.17, 15) is 9.18 Å². The second-order valence-corrected chi connectivity index (χ2v) is 5.51. The van der Waals surface area contributed by atoms with Crippen molar-refractivity contribution in [2.75, 3.05) is 0 Å². The first-order chi connectivity index (χ1) is 9.56. The van der Waals surface area contributed by atoms with Gasteiger partial charge in [0, 0.05) is 18.2 Å². The summed E-state index contributed by atoms with van der Waals surface area (Å²) in [7, 11) is 0. The Bertz CT molecular complexity index is 584. The van der Waals surface area contributed by atoms with Gasteiger partial charge in [0.15, 0.2) is 0 Å². The summed E-state index contributed by atoms with van der Waals surface area (Å²) in [6.45, 7) is 2.34. The molecular weight excluding hydrogens is 277 g/mol. The van der Waals surface area contributed by atoms with Crippen LogP contribution in [0.5, 0.6) is 0 Å². The molecule has 0 spiro atoms. The quantitative estimate of drug-likeness (QED) is 0.859. The number of hydrogen-bond donors (Lipinski definition) is 2. The van der Waals surface area contributed by atoms with E-state index in [1.807, 2.05) is 12.3 Å². The Morgan fingerprint density at radius 1 is 1.45 bits per heavy atom. The number of carbonyl (C=O) groups is 1. The average Bonchev–Trinajstić information content (AvgIpc) is 2.90. The second-order valence-electron chi connectivity index (χ2n) is 4.73. The lowest BCUT2D eigenvalue weighted by molar-refractivity contribution is 0.0696. The van der Waals surface area contributed by atoms with Crippen LogP contribution in [0.1, 0.15) is 28.4 Å². The number of carboxylic acid groups (broad SMARTS) is 1. The monoisotopic (exact) mass is 293 g/mol. The van der Waals surface area contributed by atoms with E-state index in [4.69, 9.17) is 5.11 Å². The number of rotatable bonds is 6. The molecule has 2 rings (SSSR count). The van der Waals surface area contributed by atoms with E-state index in [0.717, 1.165) is 6.42 Å². The minimum absolute atomic E-state index is 0.105. The van der Waals surface area contributed by atoms with E-state index >= 15 is 0 Å². The van der Waals surface area contributed by atoms with Gasteiger partial charge in [0.05, 0.1) is 5.56 Å². The summed E-state index contributed by atoms with van der Waals surface area (Å²) in [5.41, 5.74) is 1.73. The average molecular weight is 293 g/mol. The lowest BCUT2D eigenvalue weighted by Crippen LogP contribution is -2.27. The van der Waals surface area contributed by atoms with Crippen LogP contribution in [0.3, 0.4) is 0 Å². The van der Waals surface area contributed by atoms with Crippen molar-refractivity contribution in [3.8, 4) is 0 Å². The maximum atomic E-state index is 13.6. The number of benzene rings is 1. The Hall–Kier alpha value is -1.72. The molecule has 2 aromatic rings. The Morgan fingerprint density at radius 2 is 2.25 bits per heavy atom. The van der Waals surface area contributed by atoms with Gasteiger partial charge in [0.2, 0.25) is 0 Å². The molecule has 0 fully saturated rings. The van der Waals surface area contributed by atoms with Crippen LogP contribution >= 0.6 is 11.3 Å². The SMILES string of the molecule is CC(Cc1ccsc1)NCc1cc(C(=O)O)ccc1F. The number of aromatic carboxylic acids is 1. The van der Waals surface area contributed by atoms with Crippen LogP contribution in [0, 0.1) is 5.82 Å². The molecule has 0 bridgehead atoms. The Morgan fingerprint density at radius 3 is 2.90 bits per heavy atom. The molecular formula is C15H16FNO2S. The van der Waals surface area contributed by atoms with E-state index in [0.29, 0.717) is 12.1 Å². The molecule has 0 saturated heterocycles. The van der Waals surface area contributed by atoms with Gasteiger partial charge in [-0.3, -0.25) is 0 Å². The van der Waals surface area contributed by atoms with Crippen LogP contribution in [0.15, 0.2) is 35.0 Å². The van der Waals surface area contributed by atoms with E-state index in [1.165, 1.54) is 23.8 Å². The zero-order chi connectivity index (χ0) is 14.5. The lowest BCUT2D eigenvalue weighted by atomic mass is 10.1. The molecule has 0 saturated carbocycles. The van der Waals surface area contributed by atoms with Crippen LogP contribution in [0.25, 0.3) is 0 Å². The topological polar surface area (TPSA) is 49.3 Å².